The minimum Gasteiger partial charge on any atom is -0.497 e. The molecule has 0 fully saturated rings. The largest absolute Gasteiger partial charge is 0.497 e. The number of nitriles is 1. The van der Waals surface area contributed by atoms with Gasteiger partial charge in [0.1, 0.15) is 11.5 Å². The van der Waals surface area contributed by atoms with Crippen LogP contribution in [0.15, 0.2) is 48.8 Å². The molecule has 1 atom stereocenters. The fourth-order valence-corrected chi connectivity index (χ4v) is 3.80. The molecule has 3 aromatic rings. The number of benzene rings is 2. The Balaban J connectivity index is 1.70. The van der Waals surface area contributed by atoms with Crippen molar-refractivity contribution in [2.75, 3.05) is 20.8 Å². The van der Waals surface area contributed by atoms with Crippen LogP contribution in [0.4, 0.5) is 0 Å². The van der Waals surface area contributed by atoms with Crippen LogP contribution in [0.5, 0.6) is 11.5 Å². The quantitative estimate of drug-likeness (QED) is 0.740. The zero-order chi connectivity index (χ0) is 19.5. The van der Waals surface area contributed by atoms with Crippen LogP contribution in [0.3, 0.4) is 0 Å². The highest BCUT2D eigenvalue weighted by molar-refractivity contribution is 5.40. The summed E-state index contributed by atoms with van der Waals surface area (Å²) in [4.78, 5) is 10.3. The zero-order valence-corrected chi connectivity index (χ0v) is 16.0. The van der Waals surface area contributed by atoms with Crippen molar-refractivity contribution in [3.05, 3.63) is 76.9 Å². The fraction of sp³-hybridized carbons (Fsp3) is 0.273. The Morgan fingerprint density at radius 1 is 1.14 bits per heavy atom. The molecule has 1 aliphatic heterocycles. The summed E-state index contributed by atoms with van der Waals surface area (Å²) in [5, 5.41) is 9.11. The van der Waals surface area contributed by atoms with E-state index in [1.807, 2.05) is 42.5 Å². The van der Waals surface area contributed by atoms with E-state index in [9.17, 15) is 0 Å². The van der Waals surface area contributed by atoms with Crippen molar-refractivity contribution in [2.45, 2.75) is 19.0 Å². The van der Waals surface area contributed by atoms with Gasteiger partial charge in [0.25, 0.3) is 0 Å². The van der Waals surface area contributed by atoms with Gasteiger partial charge in [-0.15, -0.1) is 0 Å². The van der Waals surface area contributed by atoms with Gasteiger partial charge in [-0.05, 0) is 35.4 Å². The minimum atomic E-state index is 0.0277. The van der Waals surface area contributed by atoms with E-state index in [1.165, 1.54) is 5.69 Å². The monoisotopic (exact) mass is 374 g/mol. The number of imidazole rings is 1. The maximum atomic E-state index is 9.11. The van der Waals surface area contributed by atoms with Crippen molar-refractivity contribution >= 4 is 0 Å². The van der Waals surface area contributed by atoms with Gasteiger partial charge in [0.2, 0.25) is 0 Å². The van der Waals surface area contributed by atoms with Crippen LogP contribution in [-0.2, 0) is 13.0 Å². The van der Waals surface area contributed by atoms with E-state index >= 15 is 0 Å². The molecule has 0 spiro atoms. The van der Waals surface area contributed by atoms with Crippen molar-refractivity contribution in [3.63, 3.8) is 0 Å². The molecule has 6 heteroatoms. The summed E-state index contributed by atoms with van der Waals surface area (Å²) in [6, 6.07) is 15.9. The summed E-state index contributed by atoms with van der Waals surface area (Å²) in [6.07, 6.45) is 2.68. The molecule has 4 rings (SSSR count). The third kappa shape index (κ3) is 3.45. The minimum absolute atomic E-state index is 0.0277. The summed E-state index contributed by atoms with van der Waals surface area (Å²) in [6.45, 7) is 1.64. The first-order chi connectivity index (χ1) is 13.7. The van der Waals surface area contributed by atoms with Crippen LogP contribution in [0.25, 0.3) is 0 Å². The highest BCUT2D eigenvalue weighted by atomic mass is 16.5. The number of hydrogen-bond donors (Lipinski definition) is 1. The second-order valence-corrected chi connectivity index (χ2v) is 6.84. The maximum Gasteiger partial charge on any atom is 0.122 e. The molecule has 0 saturated heterocycles. The lowest BCUT2D eigenvalue weighted by Crippen LogP contribution is -2.35. The average Bonchev–Trinajstić information content (AvgIpc) is 3.22. The first-order valence-electron chi connectivity index (χ1n) is 9.20. The molecule has 2 heterocycles. The molecule has 0 aliphatic carbocycles. The molecule has 1 aromatic heterocycles. The highest BCUT2D eigenvalue weighted by Crippen LogP contribution is 2.35. The van der Waals surface area contributed by atoms with E-state index in [0.29, 0.717) is 5.56 Å². The normalized spacial score (nSPS) is 16.2. The molecular weight excluding hydrogens is 352 g/mol. The van der Waals surface area contributed by atoms with Gasteiger partial charge in [0.05, 0.1) is 43.9 Å². The predicted molar refractivity (Wildman–Crippen MR) is 105 cm³/mol. The zero-order valence-electron chi connectivity index (χ0n) is 16.0. The standard InChI is InChI=1S/C22H22N4O2/c1-27-18-9-16(10-19(11-18)28-2)13-26-8-7-20-21(25-14-24-20)22(26)17-5-3-15(12-23)4-6-17/h3-6,9-11,14,22H,7-8,13H2,1-2H3,(H,24,25)/t22-/m0/s1. The van der Waals surface area contributed by atoms with Crippen LogP contribution < -0.4 is 9.47 Å². The number of fused-ring (bicyclic) bond motifs is 1. The number of aromatic nitrogens is 2. The molecule has 1 N–H and O–H groups in total. The van der Waals surface area contributed by atoms with Gasteiger partial charge in [0.15, 0.2) is 0 Å². The Kier molecular flexibility index (Phi) is 5.00. The predicted octanol–water partition coefficient (Wildman–Crippen LogP) is 3.45. The van der Waals surface area contributed by atoms with Gasteiger partial charge in [-0.25, -0.2) is 4.98 Å². The number of ether oxygens (including phenoxy) is 2. The SMILES string of the molecule is COc1cc(CN2CCc3[nH]cnc3[C@@H]2c2ccc(C#N)cc2)cc(OC)c1. The summed E-state index contributed by atoms with van der Waals surface area (Å²) >= 11 is 0. The van der Waals surface area contributed by atoms with Crippen molar-refractivity contribution in [1.82, 2.24) is 14.9 Å². The summed E-state index contributed by atoms with van der Waals surface area (Å²) in [7, 11) is 3.32. The van der Waals surface area contributed by atoms with Crippen molar-refractivity contribution in [1.29, 1.82) is 5.26 Å². The third-order valence-electron chi connectivity index (χ3n) is 5.18. The van der Waals surface area contributed by atoms with Gasteiger partial charge in [0, 0.05) is 31.3 Å². The first-order valence-corrected chi connectivity index (χ1v) is 9.20. The van der Waals surface area contributed by atoms with Crippen molar-refractivity contribution in [2.24, 2.45) is 0 Å². The molecule has 0 unspecified atom stereocenters. The van der Waals surface area contributed by atoms with Crippen LogP contribution in [-0.4, -0.2) is 35.6 Å². The molecule has 142 valence electrons. The Morgan fingerprint density at radius 2 is 1.86 bits per heavy atom. The molecule has 2 aromatic carbocycles. The van der Waals surface area contributed by atoms with E-state index in [1.54, 1.807) is 20.5 Å². The number of H-pyrrole nitrogens is 1. The summed E-state index contributed by atoms with van der Waals surface area (Å²) < 4.78 is 10.8. The van der Waals surface area contributed by atoms with Crippen LogP contribution in [0, 0.1) is 11.3 Å². The lowest BCUT2D eigenvalue weighted by atomic mass is 9.94. The number of hydrogen-bond acceptors (Lipinski definition) is 5. The van der Waals surface area contributed by atoms with E-state index in [-0.39, 0.29) is 6.04 Å². The molecule has 0 amide bonds. The lowest BCUT2D eigenvalue weighted by molar-refractivity contribution is 0.200. The van der Waals surface area contributed by atoms with Gasteiger partial charge in [-0.2, -0.15) is 5.26 Å². The van der Waals surface area contributed by atoms with Gasteiger partial charge < -0.3 is 14.5 Å². The summed E-state index contributed by atoms with van der Waals surface area (Å²) in [5.41, 5.74) is 5.13. The van der Waals surface area contributed by atoms with Crippen LogP contribution >= 0.6 is 0 Å². The average molecular weight is 374 g/mol. The fourth-order valence-electron chi connectivity index (χ4n) is 3.80. The number of nitrogens with zero attached hydrogens (tertiary/aromatic N) is 3. The molecule has 0 radical (unpaired) electrons. The van der Waals surface area contributed by atoms with E-state index in [2.05, 4.69) is 20.9 Å². The van der Waals surface area contributed by atoms with Crippen LogP contribution in [0.1, 0.15) is 34.1 Å². The first kappa shape index (κ1) is 18.1. The molecule has 1 aliphatic rings. The lowest BCUT2D eigenvalue weighted by Gasteiger charge is -2.35. The van der Waals surface area contributed by atoms with Gasteiger partial charge >= 0.3 is 0 Å². The van der Waals surface area contributed by atoms with Crippen molar-refractivity contribution < 1.29 is 9.47 Å². The van der Waals surface area contributed by atoms with E-state index in [4.69, 9.17) is 14.7 Å². The second-order valence-electron chi connectivity index (χ2n) is 6.84. The third-order valence-corrected chi connectivity index (χ3v) is 5.18. The number of aromatic amines is 1. The van der Waals surface area contributed by atoms with E-state index in [0.717, 1.165) is 47.8 Å². The Bertz CT molecular complexity index is 982. The number of nitrogens with one attached hydrogen (secondary N) is 1. The molecule has 0 bridgehead atoms. The molecule has 0 saturated carbocycles. The molecule has 6 nitrogen and oxygen atoms in total. The van der Waals surface area contributed by atoms with E-state index < -0.39 is 0 Å². The second kappa shape index (κ2) is 7.75. The topological polar surface area (TPSA) is 74.2 Å². The van der Waals surface area contributed by atoms with Crippen LogP contribution in [0.2, 0.25) is 0 Å². The Labute approximate surface area is 164 Å². The Morgan fingerprint density at radius 3 is 2.50 bits per heavy atom. The van der Waals surface area contributed by atoms with Gasteiger partial charge in [-0.1, -0.05) is 12.1 Å². The number of rotatable bonds is 5. The molecule has 28 heavy (non-hydrogen) atoms. The summed E-state index contributed by atoms with van der Waals surface area (Å²) in [5.74, 6) is 1.56. The maximum absolute atomic E-state index is 9.11. The highest BCUT2D eigenvalue weighted by Gasteiger charge is 2.31. The van der Waals surface area contributed by atoms with Gasteiger partial charge in [-0.3, -0.25) is 4.90 Å². The Hall–Kier alpha value is -3.30. The molecular formula is C22H22N4O2. The number of methoxy groups -OCH3 is 2. The smallest absolute Gasteiger partial charge is 0.122 e. The van der Waals surface area contributed by atoms with Crippen molar-refractivity contribution in [3.8, 4) is 17.6 Å².